The van der Waals surface area contributed by atoms with Crippen LogP contribution in [0.5, 0.6) is 0 Å². The van der Waals surface area contributed by atoms with Crippen molar-refractivity contribution in [1.29, 1.82) is 5.26 Å². The average Bonchev–Trinajstić information content (AvgIpc) is 2.82. The maximum absolute atomic E-state index is 9.53. The summed E-state index contributed by atoms with van der Waals surface area (Å²) >= 11 is 6.07. The molecule has 31 heavy (non-hydrogen) atoms. The van der Waals surface area contributed by atoms with Gasteiger partial charge in [0.05, 0.1) is 28.0 Å². The Bertz CT molecular complexity index is 1320. The molecule has 1 N–H and O–H groups in total. The standard InChI is InChI=1S/C23H18ClN7/c24-17-2-4-22(16(10-17)11-25)31-8-5-19-18(13-31)23(30-14-29-19)28-12-15-1-3-20-21(9-15)27-7-6-26-20/h1-4,6-7,9-10,14H,5,8,12-13H2,(H,28,29,30). The van der Waals surface area contributed by atoms with E-state index < -0.39 is 0 Å². The van der Waals surface area contributed by atoms with Crippen LogP contribution in [0.25, 0.3) is 11.0 Å². The van der Waals surface area contributed by atoms with E-state index in [1.165, 1.54) is 0 Å². The fraction of sp³-hybridized carbons (Fsp3) is 0.174. The van der Waals surface area contributed by atoms with Gasteiger partial charge in [0.15, 0.2) is 0 Å². The molecular formula is C23H18ClN7. The van der Waals surface area contributed by atoms with Gasteiger partial charge in [-0.25, -0.2) is 9.97 Å². The van der Waals surface area contributed by atoms with Crippen molar-refractivity contribution in [2.45, 2.75) is 19.5 Å². The van der Waals surface area contributed by atoms with Crippen LogP contribution in [0.3, 0.4) is 0 Å². The molecule has 1 aliphatic rings. The molecule has 7 nitrogen and oxygen atoms in total. The summed E-state index contributed by atoms with van der Waals surface area (Å²) in [6, 6.07) is 13.7. The predicted octanol–water partition coefficient (Wildman–Crippen LogP) is 4.12. The maximum Gasteiger partial charge on any atom is 0.134 e. The zero-order valence-corrected chi connectivity index (χ0v) is 17.3. The van der Waals surface area contributed by atoms with Crippen molar-refractivity contribution in [3.63, 3.8) is 0 Å². The summed E-state index contributed by atoms with van der Waals surface area (Å²) in [5.41, 5.74) is 6.36. The molecule has 0 saturated carbocycles. The normalized spacial score (nSPS) is 13.0. The van der Waals surface area contributed by atoms with Crippen LogP contribution in [0.1, 0.15) is 22.4 Å². The molecule has 0 radical (unpaired) electrons. The van der Waals surface area contributed by atoms with Gasteiger partial charge >= 0.3 is 0 Å². The number of anilines is 2. The van der Waals surface area contributed by atoms with E-state index in [2.05, 4.69) is 36.2 Å². The van der Waals surface area contributed by atoms with Gasteiger partial charge in [0.2, 0.25) is 0 Å². The Labute approximate surface area is 184 Å². The fourth-order valence-corrected chi connectivity index (χ4v) is 4.05. The SMILES string of the molecule is N#Cc1cc(Cl)ccc1N1CCc2ncnc(NCc3ccc4nccnc4c3)c2C1. The van der Waals surface area contributed by atoms with Crippen molar-refractivity contribution in [2.24, 2.45) is 0 Å². The van der Waals surface area contributed by atoms with Gasteiger partial charge in [0.25, 0.3) is 0 Å². The Morgan fingerprint density at radius 1 is 1.03 bits per heavy atom. The van der Waals surface area contributed by atoms with Gasteiger partial charge in [0.1, 0.15) is 18.2 Å². The third-order valence-corrected chi connectivity index (χ3v) is 5.65. The van der Waals surface area contributed by atoms with Gasteiger partial charge in [-0.15, -0.1) is 0 Å². The average molecular weight is 428 g/mol. The minimum atomic E-state index is 0.559. The monoisotopic (exact) mass is 427 g/mol. The van der Waals surface area contributed by atoms with Crippen LogP contribution in [0.2, 0.25) is 5.02 Å². The van der Waals surface area contributed by atoms with E-state index in [1.807, 2.05) is 30.3 Å². The van der Waals surface area contributed by atoms with Crippen molar-refractivity contribution in [3.05, 3.63) is 82.5 Å². The molecule has 3 heterocycles. The second-order valence-electron chi connectivity index (χ2n) is 7.33. The van der Waals surface area contributed by atoms with E-state index in [0.717, 1.165) is 52.3 Å². The largest absolute Gasteiger partial charge is 0.366 e. The van der Waals surface area contributed by atoms with E-state index in [9.17, 15) is 5.26 Å². The van der Waals surface area contributed by atoms with Crippen LogP contribution in [0.4, 0.5) is 11.5 Å². The molecule has 0 saturated heterocycles. The van der Waals surface area contributed by atoms with Crippen molar-refractivity contribution >= 4 is 34.1 Å². The maximum atomic E-state index is 9.53. The molecular weight excluding hydrogens is 410 g/mol. The van der Waals surface area contributed by atoms with Crippen LogP contribution in [0.15, 0.2) is 55.1 Å². The van der Waals surface area contributed by atoms with Crippen molar-refractivity contribution in [2.75, 3.05) is 16.8 Å². The lowest BCUT2D eigenvalue weighted by molar-refractivity contribution is 0.705. The summed E-state index contributed by atoms with van der Waals surface area (Å²) < 4.78 is 0. The van der Waals surface area contributed by atoms with Crippen molar-refractivity contribution in [3.8, 4) is 6.07 Å². The van der Waals surface area contributed by atoms with E-state index in [1.54, 1.807) is 24.8 Å². The predicted molar refractivity (Wildman–Crippen MR) is 120 cm³/mol. The summed E-state index contributed by atoms with van der Waals surface area (Å²) in [5.74, 6) is 0.807. The summed E-state index contributed by atoms with van der Waals surface area (Å²) in [7, 11) is 0. The Kier molecular flexibility index (Phi) is 5.06. The summed E-state index contributed by atoms with van der Waals surface area (Å²) in [6.45, 7) is 2.02. The molecule has 0 amide bonds. The Hall–Kier alpha value is -3.76. The van der Waals surface area contributed by atoms with E-state index >= 15 is 0 Å². The highest BCUT2D eigenvalue weighted by Crippen LogP contribution is 2.30. The number of halogens is 1. The third-order valence-electron chi connectivity index (χ3n) is 5.42. The number of rotatable bonds is 4. The first-order valence-electron chi connectivity index (χ1n) is 9.92. The molecule has 0 aliphatic carbocycles. The van der Waals surface area contributed by atoms with Crippen LogP contribution in [-0.4, -0.2) is 26.5 Å². The Morgan fingerprint density at radius 3 is 2.77 bits per heavy atom. The van der Waals surface area contributed by atoms with E-state index in [-0.39, 0.29) is 0 Å². The van der Waals surface area contributed by atoms with Crippen molar-refractivity contribution < 1.29 is 0 Å². The first-order valence-corrected chi connectivity index (χ1v) is 10.3. The minimum absolute atomic E-state index is 0.559. The highest BCUT2D eigenvalue weighted by Gasteiger charge is 2.23. The molecule has 152 valence electrons. The number of hydrogen-bond donors (Lipinski definition) is 1. The quantitative estimate of drug-likeness (QED) is 0.523. The first-order chi connectivity index (χ1) is 15.2. The first kappa shape index (κ1) is 19.2. The number of aromatic nitrogens is 4. The summed E-state index contributed by atoms with van der Waals surface area (Å²) in [6.07, 6.45) is 5.77. The zero-order chi connectivity index (χ0) is 21.2. The molecule has 2 aromatic heterocycles. The number of fused-ring (bicyclic) bond motifs is 2. The van der Waals surface area contributed by atoms with Crippen molar-refractivity contribution in [1.82, 2.24) is 19.9 Å². The van der Waals surface area contributed by atoms with Crippen LogP contribution in [-0.2, 0) is 19.5 Å². The van der Waals surface area contributed by atoms with Crippen LogP contribution in [0, 0.1) is 11.3 Å². The molecule has 0 bridgehead atoms. The van der Waals surface area contributed by atoms with Gasteiger partial charge < -0.3 is 10.2 Å². The van der Waals surface area contributed by atoms with E-state index in [0.29, 0.717) is 23.7 Å². The smallest absolute Gasteiger partial charge is 0.134 e. The van der Waals surface area contributed by atoms with Gasteiger partial charge in [-0.2, -0.15) is 5.26 Å². The van der Waals surface area contributed by atoms with E-state index in [4.69, 9.17) is 11.6 Å². The Morgan fingerprint density at radius 2 is 1.90 bits per heavy atom. The van der Waals surface area contributed by atoms with Gasteiger partial charge in [0, 0.05) is 49.0 Å². The molecule has 0 fully saturated rings. The lowest BCUT2D eigenvalue weighted by atomic mass is 10.0. The minimum Gasteiger partial charge on any atom is -0.366 e. The molecule has 0 spiro atoms. The zero-order valence-electron chi connectivity index (χ0n) is 16.6. The second kappa shape index (κ2) is 8.17. The highest BCUT2D eigenvalue weighted by atomic mass is 35.5. The highest BCUT2D eigenvalue weighted by molar-refractivity contribution is 6.30. The van der Waals surface area contributed by atoms with Gasteiger partial charge in [-0.05, 0) is 35.9 Å². The Balaban J connectivity index is 1.39. The molecule has 0 atom stereocenters. The second-order valence-corrected chi connectivity index (χ2v) is 7.76. The molecule has 2 aromatic carbocycles. The molecule has 1 aliphatic heterocycles. The number of benzene rings is 2. The summed E-state index contributed by atoms with van der Waals surface area (Å²) in [5, 5.41) is 13.5. The van der Waals surface area contributed by atoms with Crippen LogP contribution < -0.4 is 10.2 Å². The third kappa shape index (κ3) is 3.86. The molecule has 5 rings (SSSR count). The lowest BCUT2D eigenvalue weighted by Crippen LogP contribution is -2.32. The number of nitrogens with zero attached hydrogens (tertiary/aromatic N) is 6. The molecule has 8 heteroatoms. The number of nitriles is 1. The lowest BCUT2D eigenvalue weighted by Gasteiger charge is -2.31. The molecule has 4 aromatic rings. The fourth-order valence-electron chi connectivity index (χ4n) is 3.88. The number of nitrogens with one attached hydrogen (secondary N) is 1. The van der Waals surface area contributed by atoms with Crippen LogP contribution >= 0.6 is 11.6 Å². The van der Waals surface area contributed by atoms with Gasteiger partial charge in [-0.3, -0.25) is 9.97 Å². The van der Waals surface area contributed by atoms with Gasteiger partial charge in [-0.1, -0.05) is 17.7 Å². The summed E-state index contributed by atoms with van der Waals surface area (Å²) in [4.78, 5) is 19.8. The number of hydrogen-bond acceptors (Lipinski definition) is 7. The molecule has 0 unspecified atom stereocenters. The topological polar surface area (TPSA) is 90.6 Å².